The third kappa shape index (κ3) is 6.99. The molecular formula is C33H35NO7. The van der Waals surface area contributed by atoms with Gasteiger partial charge in [-0.2, -0.15) is 0 Å². The normalized spacial score (nSPS) is 24.0. The number of para-hydroxylation sites is 4. The molecule has 1 fully saturated rings. The van der Waals surface area contributed by atoms with Crippen molar-refractivity contribution in [2.45, 2.75) is 36.4 Å². The first-order valence-corrected chi connectivity index (χ1v) is 13.6. The van der Waals surface area contributed by atoms with E-state index >= 15 is 0 Å². The van der Waals surface area contributed by atoms with Crippen LogP contribution in [0.1, 0.15) is 6.42 Å². The van der Waals surface area contributed by atoms with Gasteiger partial charge in [-0.1, -0.05) is 72.8 Å². The van der Waals surface area contributed by atoms with Crippen LogP contribution in [0.3, 0.4) is 0 Å². The summed E-state index contributed by atoms with van der Waals surface area (Å²) in [5.74, 6) is 2.24. The number of hydrogen-bond acceptors (Lipinski definition) is 8. The van der Waals surface area contributed by atoms with Crippen LogP contribution in [-0.4, -0.2) is 70.2 Å². The van der Waals surface area contributed by atoms with E-state index < -0.39 is 43.4 Å². The fourth-order valence-electron chi connectivity index (χ4n) is 5.16. The summed E-state index contributed by atoms with van der Waals surface area (Å²) in [5, 5.41) is 32.9. The Morgan fingerprint density at radius 3 is 1.46 bits per heavy atom. The molecule has 0 heterocycles. The maximum absolute atomic E-state index is 12.4. The van der Waals surface area contributed by atoms with Crippen LogP contribution < -0.4 is 18.9 Å². The molecule has 1 saturated carbocycles. The van der Waals surface area contributed by atoms with Crippen LogP contribution in [-0.2, 0) is 0 Å². The van der Waals surface area contributed by atoms with Gasteiger partial charge in [-0.05, 0) is 48.5 Å². The Morgan fingerprint density at radius 2 is 1.00 bits per heavy atom. The Labute approximate surface area is 239 Å². The Kier molecular flexibility index (Phi) is 9.38. The first kappa shape index (κ1) is 28.4. The average Bonchev–Trinajstić information content (AvgIpc) is 3.02. The summed E-state index contributed by atoms with van der Waals surface area (Å²) in [6.07, 6.45) is -2.60. The molecule has 4 aromatic rings. The zero-order valence-corrected chi connectivity index (χ0v) is 22.6. The van der Waals surface area contributed by atoms with Crippen molar-refractivity contribution in [2.24, 2.45) is 0 Å². The van der Waals surface area contributed by atoms with Gasteiger partial charge in [0.1, 0.15) is 35.2 Å². The van der Waals surface area contributed by atoms with E-state index in [1.807, 2.05) is 121 Å². The SMILES string of the molecule is OCN(CO)[C@H]1C[C@](O)(COc2ccccc2)[C@@H](Oc2ccccc2)[C@H](Oc2ccccc2)[C@H]1Oc1ccccc1. The smallest absolute Gasteiger partial charge is 0.176 e. The largest absolute Gasteiger partial charge is 0.490 e. The molecule has 5 rings (SSSR count). The van der Waals surface area contributed by atoms with Crippen LogP contribution in [0.25, 0.3) is 0 Å². The van der Waals surface area contributed by atoms with E-state index in [9.17, 15) is 15.3 Å². The van der Waals surface area contributed by atoms with Gasteiger partial charge in [0.25, 0.3) is 0 Å². The van der Waals surface area contributed by atoms with Crippen LogP contribution in [0.4, 0.5) is 0 Å². The van der Waals surface area contributed by atoms with Gasteiger partial charge >= 0.3 is 0 Å². The molecule has 8 heteroatoms. The van der Waals surface area contributed by atoms with Crippen molar-refractivity contribution in [3.8, 4) is 23.0 Å². The number of hydrogen-bond donors (Lipinski definition) is 3. The summed E-state index contributed by atoms with van der Waals surface area (Å²) < 4.78 is 25.8. The van der Waals surface area contributed by atoms with Gasteiger partial charge < -0.3 is 34.3 Å². The van der Waals surface area contributed by atoms with Crippen LogP contribution in [0, 0.1) is 0 Å². The Bertz CT molecular complexity index is 1310. The molecule has 1 aliphatic carbocycles. The van der Waals surface area contributed by atoms with Crippen LogP contribution >= 0.6 is 0 Å². The minimum absolute atomic E-state index is 0.0462. The van der Waals surface area contributed by atoms with Crippen LogP contribution in [0.5, 0.6) is 23.0 Å². The highest BCUT2D eigenvalue weighted by Crippen LogP contribution is 2.39. The summed E-state index contributed by atoms with van der Waals surface area (Å²) in [6.45, 7) is -1.07. The van der Waals surface area contributed by atoms with Gasteiger partial charge in [0.15, 0.2) is 18.3 Å². The van der Waals surface area contributed by atoms with Gasteiger partial charge in [0.05, 0.1) is 19.5 Å². The third-order valence-electron chi connectivity index (χ3n) is 7.19. The van der Waals surface area contributed by atoms with E-state index in [0.29, 0.717) is 23.0 Å². The van der Waals surface area contributed by atoms with Crippen molar-refractivity contribution >= 4 is 0 Å². The van der Waals surface area contributed by atoms with Gasteiger partial charge in [-0.3, -0.25) is 4.90 Å². The lowest BCUT2D eigenvalue weighted by molar-refractivity contribution is -0.205. The minimum Gasteiger partial charge on any atom is -0.490 e. The summed E-state index contributed by atoms with van der Waals surface area (Å²) in [7, 11) is 0. The lowest BCUT2D eigenvalue weighted by atomic mass is 9.75. The molecule has 1 aliphatic rings. The highest BCUT2D eigenvalue weighted by Gasteiger charge is 2.59. The van der Waals surface area contributed by atoms with E-state index in [4.69, 9.17) is 18.9 Å². The van der Waals surface area contributed by atoms with Crippen molar-refractivity contribution in [1.29, 1.82) is 0 Å². The molecule has 0 unspecified atom stereocenters. The molecule has 3 N–H and O–H groups in total. The number of nitrogens with zero attached hydrogens (tertiary/aromatic N) is 1. The Hall–Kier alpha value is -4.08. The van der Waals surface area contributed by atoms with E-state index in [-0.39, 0.29) is 13.0 Å². The summed E-state index contributed by atoms with van der Waals surface area (Å²) >= 11 is 0. The maximum atomic E-state index is 12.4. The molecule has 0 bridgehead atoms. The number of rotatable bonds is 12. The molecule has 0 aliphatic heterocycles. The number of aliphatic hydroxyl groups excluding tert-OH is 2. The van der Waals surface area contributed by atoms with Crippen molar-refractivity contribution in [2.75, 3.05) is 20.1 Å². The van der Waals surface area contributed by atoms with E-state index in [1.54, 1.807) is 0 Å². The highest BCUT2D eigenvalue weighted by molar-refractivity contribution is 5.28. The number of aliphatic hydroxyl groups is 3. The average molecular weight is 558 g/mol. The molecule has 0 spiro atoms. The number of ether oxygens (including phenoxy) is 4. The van der Waals surface area contributed by atoms with Gasteiger partial charge in [-0.15, -0.1) is 0 Å². The lowest BCUT2D eigenvalue weighted by Gasteiger charge is -2.51. The molecule has 5 atom stereocenters. The molecule has 0 amide bonds. The molecule has 0 radical (unpaired) electrons. The maximum Gasteiger partial charge on any atom is 0.176 e. The number of benzene rings is 4. The van der Waals surface area contributed by atoms with Gasteiger partial charge in [0, 0.05) is 6.42 Å². The molecule has 0 aromatic heterocycles. The predicted molar refractivity (Wildman–Crippen MR) is 154 cm³/mol. The lowest BCUT2D eigenvalue weighted by Crippen LogP contribution is -2.72. The molecule has 8 nitrogen and oxygen atoms in total. The van der Waals surface area contributed by atoms with Crippen molar-refractivity contribution in [1.82, 2.24) is 4.90 Å². The Balaban J connectivity index is 1.60. The van der Waals surface area contributed by atoms with Gasteiger partial charge in [-0.25, -0.2) is 0 Å². The van der Waals surface area contributed by atoms with Crippen LogP contribution in [0.2, 0.25) is 0 Å². The van der Waals surface area contributed by atoms with E-state index in [0.717, 1.165) is 0 Å². The zero-order valence-electron chi connectivity index (χ0n) is 22.6. The van der Waals surface area contributed by atoms with Crippen molar-refractivity contribution < 1.29 is 34.3 Å². The van der Waals surface area contributed by atoms with Crippen molar-refractivity contribution in [3.05, 3.63) is 121 Å². The summed E-state index contributed by atoms with van der Waals surface area (Å²) in [4.78, 5) is 1.43. The molecular weight excluding hydrogens is 522 g/mol. The monoisotopic (exact) mass is 557 g/mol. The fraction of sp³-hybridized carbons (Fsp3) is 0.273. The van der Waals surface area contributed by atoms with E-state index in [2.05, 4.69) is 0 Å². The predicted octanol–water partition coefficient (Wildman–Crippen LogP) is 4.11. The quantitative estimate of drug-likeness (QED) is 0.224. The Morgan fingerprint density at radius 1 is 0.585 bits per heavy atom. The highest BCUT2D eigenvalue weighted by atomic mass is 16.6. The molecule has 0 saturated heterocycles. The first-order chi connectivity index (χ1) is 20.1. The third-order valence-corrected chi connectivity index (χ3v) is 7.19. The van der Waals surface area contributed by atoms with E-state index in [1.165, 1.54) is 4.90 Å². The van der Waals surface area contributed by atoms with Crippen LogP contribution in [0.15, 0.2) is 121 Å². The molecule has 214 valence electrons. The minimum atomic E-state index is -1.63. The topological polar surface area (TPSA) is 101 Å². The second-order valence-electron chi connectivity index (χ2n) is 9.99. The second kappa shape index (κ2) is 13.5. The van der Waals surface area contributed by atoms with Crippen molar-refractivity contribution in [3.63, 3.8) is 0 Å². The fourth-order valence-corrected chi connectivity index (χ4v) is 5.16. The summed E-state index contributed by atoms with van der Waals surface area (Å²) in [6, 6.07) is 36.2. The first-order valence-electron chi connectivity index (χ1n) is 13.6. The second-order valence-corrected chi connectivity index (χ2v) is 9.99. The van der Waals surface area contributed by atoms with Gasteiger partial charge in [0.2, 0.25) is 0 Å². The standard InChI is InChI=1S/C33H35NO7/c35-23-34(24-36)29-21-33(37,22-38-25-13-5-1-6-14-25)32(41-28-19-11-4-12-20-28)31(40-27-17-9-3-10-18-27)30(29)39-26-15-7-2-8-16-26/h1-20,29-32,35-37H,21-24H2/t29-,30-,31+,32-,33-/m0/s1. The molecule has 41 heavy (non-hydrogen) atoms. The summed E-state index contributed by atoms with van der Waals surface area (Å²) in [5.41, 5.74) is -1.63. The zero-order chi connectivity index (χ0) is 28.5. The molecule has 4 aromatic carbocycles.